The number of aliphatic imine (C=N–C) groups is 1. The zero-order valence-corrected chi connectivity index (χ0v) is 18.6. The number of hydrogen-bond acceptors (Lipinski definition) is 3. The van der Waals surface area contributed by atoms with Gasteiger partial charge in [0, 0.05) is 6.42 Å². The van der Waals surface area contributed by atoms with Crippen LogP contribution in [0.4, 0.5) is 0 Å². The lowest BCUT2D eigenvalue weighted by Crippen LogP contribution is -2.54. The van der Waals surface area contributed by atoms with Gasteiger partial charge in [0.05, 0.1) is 19.8 Å². The maximum absolute atomic E-state index is 9.38. The Labute approximate surface area is 174 Å². The van der Waals surface area contributed by atoms with E-state index in [4.69, 9.17) is 0 Å². The van der Waals surface area contributed by atoms with Crippen molar-refractivity contribution in [3.63, 3.8) is 0 Å². The zero-order chi connectivity index (χ0) is 20.3. The number of aliphatic hydroxyl groups excluding tert-OH is 2. The Kier molecular flexibility index (Phi) is 15.5. The van der Waals surface area contributed by atoms with Crippen LogP contribution in [0.25, 0.3) is 0 Å². The summed E-state index contributed by atoms with van der Waals surface area (Å²) in [6.45, 7) is 5.81. The molecular weight excluding hydrogens is 348 g/mol. The van der Waals surface area contributed by atoms with Gasteiger partial charge >= 0.3 is 0 Å². The van der Waals surface area contributed by atoms with Gasteiger partial charge in [0.1, 0.15) is 19.6 Å². The molecule has 0 bridgehead atoms. The van der Waals surface area contributed by atoms with Gasteiger partial charge in [0.2, 0.25) is 0 Å². The number of unbranched alkanes of at least 4 members (excludes halogenated alkanes) is 11. The molecule has 0 unspecified atom stereocenters. The van der Waals surface area contributed by atoms with Crippen LogP contribution in [-0.2, 0) is 0 Å². The Morgan fingerprint density at radius 3 is 1.89 bits per heavy atom. The largest absolute Gasteiger partial charge is 0.390 e. The molecule has 0 saturated carbocycles. The van der Waals surface area contributed by atoms with Gasteiger partial charge in [-0.3, -0.25) is 4.48 Å². The second-order valence-electron chi connectivity index (χ2n) is 8.40. The van der Waals surface area contributed by atoms with Crippen molar-refractivity contribution in [3.05, 3.63) is 12.2 Å². The van der Waals surface area contributed by atoms with E-state index >= 15 is 0 Å². The Morgan fingerprint density at radius 2 is 1.32 bits per heavy atom. The number of aliphatic hydroxyl groups is 2. The summed E-state index contributed by atoms with van der Waals surface area (Å²) < 4.78 is 0.719. The quantitative estimate of drug-likeness (QED) is 0.179. The van der Waals surface area contributed by atoms with Crippen molar-refractivity contribution < 1.29 is 14.7 Å². The fourth-order valence-electron chi connectivity index (χ4n) is 4.30. The molecule has 0 amide bonds. The molecule has 0 fully saturated rings. The number of amidine groups is 1. The van der Waals surface area contributed by atoms with Gasteiger partial charge in [0.15, 0.2) is 5.84 Å². The molecule has 28 heavy (non-hydrogen) atoms. The summed E-state index contributed by atoms with van der Waals surface area (Å²) >= 11 is 0. The molecule has 0 spiro atoms. The van der Waals surface area contributed by atoms with E-state index in [2.05, 4.69) is 24.1 Å². The van der Waals surface area contributed by atoms with Crippen LogP contribution in [-0.4, -0.2) is 59.9 Å². The van der Waals surface area contributed by atoms with Crippen LogP contribution in [0.5, 0.6) is 0 Å². The number of nitrogens with zero attached hydrogens (tertiary/aromatic N) is 2. The third-order valence-corrected chi connectivity index (χ3v) is 6.09. The summed E-state index contributed by atoms with van der Waals surface area (Å²) in [5.74, 6) is 1.21. The first-order valence-corrected chi connectivity index (χ1v) is 12.1. The summed E-state index contributed by atoms with van der Waals surface area (Å²) in [7, 11) is 0. The van der Waals surface area contributed by atoms with Gasteiger partial charge in [-0.25, -0.2) is 4.99 Å². The van der Waals surface area contributed by atoms with Gasteiger partial charge in [-0.05, 0) is 32.1 Å². The van der Waals surface area contributed by atoms with Crippen LogP contribution >= 0.6 is 0 Å². The van der Waals surface area contributed by atoms with E-state index in [-0.39, 0.29) is 13.2 Å². The maximum atomic E-state index is 9.38. The monoisotopic (exact) mass is 395 g/mol. The van der Waals surface area contributed by atoms with Crippen molar-refractivity contribution in [3.8, 4) is 0 Å². The van der Waals surface area contributed by atoms with Crippen molar-refractivity contribution in [2.75, 3.05) is 39.4 Å². The number of hydrogen-bond donors (Lipinski definition) is 2. The molecule has 1 aliphatic heterocycles. The third-order valence-electron chi connectivity index (χ3n) is 6.09. The molecule has 0 aromatic heterocycles. The van der Waals surface area contributed by atoms with Crippen LogP contribution in [0.3, 0.4) is 0 Å². The van der Waals surface area contributed by atoms with Crippen LogP contribution in [0, 0.1) is 0 Å². The van der Waals surface area contributed by atoms with Gasteiger partial charge in [0.25, 0.3) is 0 Å². The molecular formula is C24H47N2O2+. The molecule has 1 heterocycles. The van der Waals surface area contributed by atoms with Gasteiger partial charge in [-0.1, -0.05) is 70.4 Å². The van der Waals surface area contributed by atoms with Crippen molar-refractivity contribution in [2.45, 2.75) is 96.8 Å². The number of allylic oxidation sites excluding steroid dienone is 2. The first kappa shape index (κ1) is 25.3. The highest BCUT2D eigenvalue weighted by atomic mass is 16.3. The predicted molar refractivity (Wildman–Crippen MR) is 121 cm³/mol. The summed E-state index contributed by atoms with van der Waals surface area (Å²) in [5, 5.41) is 18.8. The summed E-state index contributed by atoms with van der Waals surface area (Å²) in [6, 6.07) is 0. The highest BCUT2D eigenvalue weighted by molar-refractivity contribution is 5.76. The first-order valence-electron chi connectivity index (χ1n) is 12.1. The highest BCUT2D eigenvalue weighted by Gasteiger charge is 2.36. The molecule has 1 rings (SSSR count). The van der Waals surface area contributed by atoms with Crippen LogP contribution < -0.4 is 0 Å². The predicted octanol–water partition coefficient (Wildman–Crippen LogP) is 5.24. The maximum Gasteiger partial charge on any atom is 0.198 e. The fraction of sp³-hybridized carbons (Fsp3) is 0.875. The molecule has 0 radical (unpaired) electrons. The lowest BCUT2D eigenvalue weighted by atomic mass is 10.1. The highest BCUT2D eigenvalue weighted by Crippen LogP contribution is 2.20. The van der Waals surface area contributed by atoms with E-state index in [0.717, 1.165) is 24.0 Å². The Bertz CT molecular complexity index is 415. The van der Waals surface area contributed by atoms with E-state index in [1.807, 2.05) is 0 Å². The smallest absolute Gasteiger partial charge is 0.198 e. The second kappa shape index (κ2) is 17.2. The third kappa shape index (κ3) is 10.7. The van der Waals surface area contributed by atoms with E-state index in [0.29, 0.717) is 13.1 Å². The number of rotatable bonds is 19. The zero-order valence-electron chi connectivity index (χ0n) is 18.6. The first-order chi connectivity index (χ1) is 13.8. The SMILES string of the molecule is CCCCCCCCC=CCCCCCCCC1=NCC[N+]1(CCO)CCO. The van der Waals surface area contributed by atoms with Gasteiger partial charge < -0.3 is 10.2 Å². The van der Waals surface area contributed by atoms with E-state index in [1.165, 1.54) is 89.3 Å². The molecule has 0 saturated heterocycles. The standard InChI is InChI=1S/C24H47N2O2/c1-2-3-4-5-6-7-8-9-10-11-12-13-14-15-16-17-24-25-18-19-26(24,20-22-27)21-23-28/h9-10,27-28H,2-8,11-23H2,1H3/q+1. The second-order valence-corrected chi connectivity index (χ2v) is 8.40. The van der Waals surface area contributed by atoms with Gasteiger partial charge in [-0.2, -0.15) is 0 Å². The topological polar surface area (TPSA) is 52.8 Å². The van der Waals surface area contributed by atoms with Crippen LogP contribution in [0.15, 0.2) is 17.1 Å². The average molecular weight is 396 g/mol. The van der Waals surface area contributed by atoms with Crippen molar-refractivity contribution in [1.29, 1.82) is 0 Å². The summed E-state index contributed by atoms with van der Waals surface area (Å²) in [6.07, 6.45) is 23.0. The van der Waals surface area contributed by atoms with Gasteiger partial charge in [-0.15, -0.1) is 0 Å². The van der Waals surface area contributed by atoms with E-state index in [1.54, 1.807) is 0 Å². The Balaban J connectivity index is 1.98. The van der Waals surface area contributed by atoms with E-state index in [9.17, 15) is 10.2 Å². The van der Waals surface area contributed by atoms with Crippen LogP contribution in [0.2, 0.25) is 0 Å². The normalized spacial score (nSPS) is 16.2. The molecule has 4 heteroatoms. The van der Waals surface area contributed by atoms with E-state index < -0.39 is 0 Å². The summed E-state index contributed by atoms with van der Waals surface area (Å²) in [4.78, 5) is 4.69. The summed E-state index contributed by atoms with van der Waals surface area (Å²) in [5.41, 5.74) is 0. The average Bonchev–Trinajstić information content (AvgIpc) is 3.07. The molecule has 4 nitrogen and oxygen atoms in total. The molecule has 0 atom stereocenters. The molecule has 0 aromatic carbocycles. The minimum absolute atomic E-state index is 0.172. The Morgan fingerprint density at radius 1 is 0.786 bits per heavy atom. The minimum Gasteiger partial charge on any atom is -0.390 e. The van der Waals surface area contributed by atoms with Crippen molar-refractivity contribution >= 4 is 5.84 Å². The molecule has 0 aromatic rings. The lowest BCUT2D eigenvalue weighted by molar-refractivity contribution is -0.837. The van der Waals surface area contributed by atoms with Crippen LogP contribution in [0.1, 0.15) is 96.8 Å². The Hall–Kier alpha value is -0.710. The molecule has 0 aliphatic carbocycles. The molecule has 1 aliphatic rings. The van der Waals surface area contributed by atoms with Crippen molar-refractivity contribution in [1.82, 2.24) is 0 Å². The minimum atomic E-state index is 0.172. The molecule has 164 valence electrons. The van der Waals surface area contributed by atoms with Crippen molar-refractivity contribution in [2.24, 2.45) is 4.99 Å². The molecule has 2 N–H and O–H groups in total. The lowest BCUT2D eigenvalue weighted by Gasteiger charge is -2.33. The fourth-order valence-corrected chi connectivity index (χ4v) is 4.30. The number of quaternary nitrogens is 1.